The zero-order valence-corrected chi connectivity index (χ0v) is 28.5. The highest BCUT2D eigenvalue weighted by Gasteiger charge is 2.48. The van der Waals surface area contributed by atoms with Crippen molar-refractivity contribution in [1.29, 1.82) is 0 Å². The lowest BCUT2D eigenvalue weighted by atomic mass is 9.67. The van der Waals surface area contributed by atoms with Gasteiger partial charge in [0, 0.05) is 33.2 Å². The molecule has 48 heavy (non-hydrogen) atoms. The summed E-state index contributed by atoms with van der Waals surface area (Å²) < 4.78 is 25.1. The fraction of sp³-hybridized carbons (Fsp3) is 0.302. The standard InChI is InChI=1S/C43H40O4S/c1-44-30-16-12-28(13-17-30)43(29-14-18-31(45-2)19-15-29)23-20-33-40-39(34-27-38-37(46-24-25-48-38)26-35(34)41(33)47-43)32-10-6-7-11-36(32)42(40)21-8-4-3-5-9-22-42/h6-7,10-20,23,26-27H,3-5,8-9,21-22,24-25H2,1-2H3. The number of ether oxygens (including phenoxy) is 4. The maximum Gasteiger partial charge on any atom is 0.178 e. The van der Waals surface area contributed by atoms with Gasteiger partial charge in [0.15, 0.2) is 5.60 Å². The van der Waals surface area contributed by atoms with Gasteiger partial charge in [-0.1, -0.05) is 86.7 Å². The van der Waals surface area contributed by atoms with Gasteiger partial charge in [-0.05, 0) is 83.0 Å². The maximum absolute atomic E-state index is 7.63. The average molecular weight is 653 g/mol. The highest BCUT2D eigenvalue weighted by Crippen LogP contribution is 2.62. The van der Waals surface area contributed by atoms with Gasteiger partial charge in [-0.25, -0.2) is 0 Å². The molecule has 4 nitrogen and oxygen atoms in total. The van der Waals surface area contributed by atoms with E-state index in [1.807, 2.05) is 36.0 Å². The summed E-state index contributed by atoms with van der Waals surface area (Å²) in [5.41, 5.74) is 8.13. The van der Waals surface area contributed by atoms with Crippen molar-refractivity contribution in [2.45, 2.75) is 60.9 Å². The SMILES string of the molecule is COc1ccc(C2(c3ccc(OC)cc3)C=Cc3c4c(c5cc6c(cc5c3O2)OCCS6)-c2ccccc2C42CCCCCCC2)cc1. The Morgan fingerprint density at radius 1 is 0.729 bits per heavy atom. The second kappa shape index (κ2) is 11.7. The van der Waals surface area contributed by atoms with Crippen LogP contribution in [0.3, 0.4) is 0 Å². The molecule has 0 atom stereocenters. The Hall–Kier alpha value is -4.35. The van der Waals surface area contributed by atoms with Crippen LogP contribution in [0, 0.1) is 0 Å². The van der Waals surface area contributed by atoms with Crippen LogP contribution in [0.2, 0.25) is 0 Å². The Kier molecular flexibility index (Phi) is 7.23. The van der Waals surface area contributed by atoms with Crippen LogP contribution in [0.4, 0.5) is 0 Å². The average Bonchev–Trinajstić information content (AvgIpc) is 3.43. The molecule has 4 aliphatic rings. The van der Waals surface area contributed by atoms with Crippen molar-refractivity contribution in [3.05, 3.63) is 119 Å². The summed E-state index contributed by atoms with van der Waals surface area (Å²) in [5.74, 6) is 4.48. The van der Waals surface area contributed by atoms with Crippen LogP contribution in [0.15, 0.2) is 95.9 Å². The molecule has 0 N–H and O–H groups in total. The van der Waals surface area contributed by atoms with Crippen molar-refractivity contribution in [3.8, 4) is 34.1 Å². The minimum absolute atomic E-state index is 0.0436. The summed E-state index contributed by atoms with van der Waals surface area (Å²) in [7, 11) is 3.41. The van der Waals surface area contributed by atoms with Crippen molar-refractivity contribution in [2.24, 2.45) is 0 Å². The number of methoxy groups -OCH3 is 2. The fourth-order valence-corrected chi connectivity index (χ4v) is 9.74. The quantitative estimate of drug-likeness (QED) is 0.193. The highest BCUT2D eigenvalue weighted by molar-refractivity contribution is 7.99. The van der Waals surface area contributed by atoms with Gasteiger partial charge >= 0.3 is 0 Å². The molecule has 2 heterocycles. The van der Waals surface area contributed by atoms with Gasteiger partial charge in [-0.15, -0.1) is 11.8 Å². The Bertz CT molecular complexity index is 2010. The molecular weight excluding hydrogens is 613 g/mol. The smallest absolute Gasteiger partial charge is 0.178 e. The molecular formula is C43H40O4S. The normalized spacial score (nSPS) is 18.4. The summed E-state index contributed by atoms with van der Waals surface area (Å²) >= 11 is 1.90. The van der Waals surface area contributed by atoms with Crippen LogP contribution in [0.5, 0.6) is 23.0 Å². The summed E-state index contributed by atoms with van der Waals surface area (Å²) in [4.78, 5) is 1.22. The lowest BCUT2D eigenvalue weighted by Crippen LogP contribution is -2.35. The molecule has 0 aromatic heterocycles. The first-order chi connectivity index (χ1) is 23.6. The Morgan fingerprint density at radius 2 is 1.40 bits per heavy atom. The Morgan fingerprint density at radius 3 is 2.08 bits per heavy atom. The summed E-state index contributed by atoms with van der Waals surface area (Å²) in [6, 6.07) is 30.5. The predicted octanol–water partition coefficient (Wildman–Crippen LogP) is 10.7. The lowest BCUT2D eigenvalue weighted by Gasteiger charge is -2.40. The van der Waals surface area contributed by atoms with Gasteiger partial charge in [-0.2, -0.15) is 0 Å². The predicted molar refractivity (Wildman–Crippen MR) is 195 cm³/mol. The van der Waals surface area contributed by atoms with Crippen LogP contribution in [-0.2, 0) is 11.0 Å². The second-order valence-electron chi connectivity index (χ2n) is 13.6. The lowest BCUT2D eigenvalue weighted by molar-refractivity contribution is 0.163. The number of fused-ring (bicyclic) bond motifs is 11. The third kappa shape index (κ3) is 4.43. The summed E-state index contributed by atoms with van der Waals surface area (Å²) in [6.45, 7) is 0.713. The molecule has 1 fully saturated rings. The van der Waals surface area contributed by atoms with Crippen LogP contribution in [-0.4, -0.2) is 26.6 Å². The third-order valence-electron chi connectivity index (χ3n) is 11.1. The monoisotopic (exact) mass is 652 g/mol. The minimum Gasteiger partial charge on any atom is -0.497 e. The molecule has 2 aliphatic heterocycles. The van der Waals surface area contributed by atoms with Gasteiger partial charge in [0.25, 0.3) is 0 Å². The van der Waals surface area contributed by atoms with E-state index < -0.39 is 5.60 Å². The van der Waals surface area contributed by atoms with E-state index in [-0.39, 0.29) is 5.41 Å². The van der Waals surface area contributed by atoms with E-state index in [2.05, 4.69) is 72.8 Å². The van der Waals surface area contributed by atoms with Crippen molar-refractivity contribution < 1.29 is 18.9 Å². The van der Waals surface area contributed by atoms with E-state index in [1.54, 1.807) is 14.2 Å². The molecule has 242 valence electrons. The van der Waals surface area contributed by atoms with Crippen LogP contribution < -0.4 is 18.9 Å². The van der Waals surface area contributed by atoms with E-state index in [0.717, 1.165) is 58.1 Å². The molecule has 0 saturated heterocycles. The van der Waals surface area contributed by atoms with E-state index in [0.29, 0.717) is 6.61 Å². The number of benzene rings is 5. The molecule has 1 spiro atoms. The molecule has 0 bridgehead atoms. The Labute approximate surface area is 287 Å². The summed E-state index contributed by atoms with van der Waals surface area (Å²) in [6.07, 6.45) is 13.4. The molecule has 0 radical (unpaired) electrons. The molecule has 0 amide bonds. The van der Waals surface area contributed by atoms with Gasteiger partial charge in [0.2, 0.25) is 0 Å². The van der Waals surface area contributed by atoms with Crippen molar-refractivity contribution >= 4 is 28.6 Å². The van der Waals surface area contributed by atoms with E-state index >= 15 is 0 Å². The largest absolute Gasteiger partial charge is 0.497 e. The molecule has 9 rings (SSSR count). The zero-order chi connectivity index (χ0) is 32.3. The molecule has 5 aromatic rings. The van der Waals surface area contributed by atoms with E-state index in [9.17, 15) is 0 Å². The molecule has 1 saturated carbocycles. The fourth-order valence-electron chi connectivity index (χ4n) is 8.89. The van der Waals surface area contributed by atoms with Crippen molar-refractivity contribution in [1.82, 2.24) is 0 Å². The Balaban J connectivity index is 1.36. The third-order valence-corrected chi connectivity index (χ3v) is 12.1. The first-order valence-corrected chi connectivity index (χ1v) is 18.3. The van der Waals surface area contributed by atoms with Gasteiger partial charge in [0.05, 0.1) is 25.7 Å². The number of rotatable bonds is 4. The molecule has 2 aliphatic carbocycles. The molecule has 5 heteroatoms. The van der Waals surface area contributed by atoms with Crippen LogP contribution in [0.25, 0.3) is 28.0 Å². The number of hydrogen-bond donors (Lipinski definition) is 0. The van der Waals surface area contributed by atoms with Crippen molar-refractivity contribution in [3.63, 3.8) is 0 Å². The second-order valence-corrected chi connectivity index (χ2v) is 14.7. The van der Waals surface area contributed by atoms with E-state index in [1.165, 1.54) is 70.2 Å². The molecule has 5 aromatic carbocycles. The highest BCUT2D eigenvalue weighted by atomic mass is 32.2. The number of hydrogen-bond acceptors (Lipinski definition) is 5. The zero-order valence-electron chi connectivity index (χ0n) is 27.6. The first kappa shape index (κ1) is 29.8. The van der Waals surface area contributed by atoms with Crippen LogP contribution in [0.1, 0.15) is 72.8 Å². The van der Waals surface area contributed by atoms with Gasteiger partial charge < -0.3 is 18.9 Å². The van der Waals surface area contributed by atoms with Gasteiger partial charge in [0.1, 0.15) is 23.0 Å². The maximum atomic E-state index is 7.63. The van der Waals surface area contributed by atoms with Crippen LogP contribution >= 0.6 is 11.8 Å². The molecule has 0 unspecified atom stereocenters. The minimum atomic E-state index is -0.863. The van der Waals surface area contributed by atoms with Gasteiger partial charge in [-0.3, -0.25) is 0 Å². The summed E-state index contributed by atoms with van der Waals surface area (Å²) in [5, 5.41) is 2.37. The van der Waals surface area contributed by atoms with E-state index in [4.69, 9.17) is 18.9 Å². The van der Waals surface area contributed by atoms with Crippen molar-refractivity contribution in [2.75, 3.05) is 26.6 Å². The number of thioether (sulfide) groups is 1. The topological polar surface area (TPSA) is 36.9 Å². The first-order valence-electron chi connectivity index (χ1n) is 17.4.